The van der Waals surface area contributed by atoms with Gasteiger partial charge in [-0.2, -0.15) is 5.10 Å². The van der Waals surface area contributed by atoms with E-state index < -0.39 is 0 Å². The smallest absolute Gasteiger partial charge is 0.272 e. The van der Waals surface area contributed by atoms with Crippen LogP contribution in [-0.2, 0) is 31.2 Å². The lowest BCUT2D eigenvalue weighted by Crippen LogP contribution is -2.41. The molecule has 0 saturated heterocycles. The van der Waals surface area contributed by atoms with Gasteiger partial charge >= 0.3 is 0 Å². The van der Waals surface area contributed by atoms with E-state index in [0.717, 1.165) is 56.6 Å². The third-order valence-corrected chi connectivity index (χ3v) is 6.64. The summed E-state index contributed by atoms with van der Waals surface area (Å²) in [5, 5.41) is 7.59. The summed E-state index contributed by atoms with van der Waals surface area (Å²) in [6, 6.07) is 10.5. The number of hydrogen-bond donors (Lipinski definition) is 1. The van der Waals surface area contributed by atoms with Crippen molar-refractivity contribution in [3.63, 3.8) is 0 Å². The Bertz CT molecular complexity index is 924. The minimum absolute atomic E-state index is 0.101. The van der Waals surface area contributed by atoms with Gasteiger partial charge < -0.3 is 10.2 Å². The van der Waals surface area contributed by atoms with Crippen LogP contribution >= 0.6 is 0 Å². The summed E-state index contributed by atoms with van der Waals surface area (Å²) in [5.74, 6) is 0.0915. The first-order valence-corrected chi connectivity index (χ1v) is 11.4. The lowest BCUT2D eigenvalue weighted by atomic mass is 9.90. The Hall–Kier alpha value is -2.67. The second-order valence-electron chi connectivity index (χ2n) is 8.77. The van der Waals surface area contributed by atoms with E-state index in [9.17, 15) is 9.59 Å². The van der Waals surface area contributed by atoms with Gasteiger partial charge in [-0.25, -0.2) is 0 Å². The van der Waals surface area contributed by atoms with E-state index >= 15 is 0 Å². The molecule has 7 heteroatoms. The Labute approximate surface area is 184 Å². The van der Waals surface area contributed by atoms with Crippen molar-refractivity contribution in [3.8, 4) is 0 Å². The number of likely N-dealkylation sites (N-methyl/N-ethyl adjacent to an activating group) is 1. The first-order chi connectivity index (χ1) is 15.0. The molecule has 1 aliphatic heterocycles. The average molecular weight is 424 g/mol. The molecular formula is C24H33N5O2. The molecule has 1 unspecified atom stereocenters. The second kappa shape index (κ2) is 9.64. The molecule has 0 fully saturated rings. The molecule has 2 bridgehead atoms. The second-order valence-corrected chi connectivity index (χ2v) is 8.77. The van der Waals surface area contributed by atoms with Gasteiger partial charge in [0.1, 0.15) is 0 Å². The summed E-state index contributed by atoms with van der Waals surface area (Å²) in [5.41, 5.74) is 3.93. The maximum absolute atomic E-state index is 12.9. The lowest BCUT2D eigenvalue weighted by molar-refractivity contribution is -0.132. The molecule has 1 aliphatic carbocycles. The van der Waals surface area contributed by atoms with E-state index in [1.54, 1.807) is 0 Å². The minimum atomic E-state index is -0.101. The highest BCUT2D eigenvalue weighted by Crippen LogP contribution is 2.27. The molecule has 166 valence electrons. The molecule has 2 amide bonds. The predicted molar refractivity (Wildman–Crippen MR) is 120 cm³/mol. The van der Waals surface area contributed by atoms with E-state index in [4.69, 9.17) is 0 Å². The standard InChI is InChI=1S/C24H33N5O2/c1-27-19-11-12-21-20(16-19)23(26-28(21)2)24(31)25-13-7-15-29(14-6-10-22(27)30)17-18-8-4-3-5-9-18/h3-5,8-9,19H,6-7,10-17H2,1-2H3,(H,25,31). The molecule has 1 N–H and O–H groups in total. The van der Waals surface area contributed by atoms with Crippen LogP contribution in [-0.4, -0.2) is 64.1 Å². The van der Waals surface area contributed by atoms with E-state index in [-0.39, 0.29) is 17.9 Å². The number of rotatable bonds is 2. The molecule has 2 heterocycles. The zero-order valence-corrected chi connectivity index (χ0v) is 18.6. The van der Waals surface area contributed by atoms with Crippen LogP contribution in [0.25, 0.3) is 0 Å². The number of benzene rings is 1. The van der Waals surface area contributed by atoms with E-state index in [0.29, 0.717) is 25.1 Å². The highest BCUT2D eigenvalue weighted by atomic mass is 16.2. The van der Waals surface area contributed by atoms with Crippen molar-refractivity contribution >= 4 is 11.8 Å². The van der Waals surface area contributed by atoms with Crippen LogP contribution < -0.4 is 5.32 Å². The lowest BCUT2D eigenvalue weighted by Gasteiger charge is -2.32. The number of amides is 2. The molecule has 2 aromatic rings. The number of nitrogens with one attached hydrogen (secondary N) is 1. The average Bonchev–Trinajstić information content (AvgIpc) is 3.11. The highest BCUT2D eigenvalue weighted by molar-refractivity contribution is 5.94. The molecular weight excluding hydrogens is 390 g/mol. The first kappa shape index (κ1) is 21.6. The number of aromatic nitrogens is 2. The largest absolute Gasteiger partial charge is 0.351 e. The summed E-state index contributed by atoms with van der Waals surface area (Å²) >= 11 is 0. The molecule has 1 aromatic heterocycles. The fourth-order valence-corrected chi connectivity index (χ4v) is 4.82. The SMILES string of the molecule is CN1C(=O)CCCN(Cc2ccccc2)CCCNC(=O)c2nn(C)c3c2CC1CC3. The highest BCUT2D eigenvalue weighted by Gasteiger charge is 2.31. The van der Waals surface area contributed by atoms with Crippen LogP contribution in [0.4, 0.5) is 0 Å². The van der Waals surface area contributed by atoms with Gasteiger partial charge in [0.15, 0.2) is 5.69 Å². The molecule has 4 rings (SSSR count). The van der Waals surface area contributed by atoms with Gasteiger partial charge in [-0.1, -0.05) is 30.3 Å². The number of fused-ring (bicyclic) bond motifs is 1. The molecule has 31 heavy (non-hydrogen) atoms. The molecule has 0 saturated carbocycles. The summed E-state index contributed by atoms with van der Waals surface area (Å²) in [6.07, 6.45) is 4.73. The number of nitrogens with zero attached hydrogens (tertiary/aromatic N) is 4. The van der Waals surface area contributed by atoms with Crippen molar-refractivity contribution < 1.29 is 9.59 Å². The van der Waals surface area contributed by atoms with Gasteiger partial charge in [-0.15, -0.1) is 0 Å². The zero-order valence-electron chi connectivity index (χ0n) is 18.6. The van der Waals surface area contributed by atoms with E-state index in [1.165, 1.54) is 5.56 Å². The molecule has 1 atom stereocenters. The Morgan fingerprint density at radius 3 is 2.65 bits per heavy atom. The maximum Gasteiger partial charge on any atom is 0.272 e. The minimum Gasteiger partial charge on any atom is -0.351 e. The Morgan fingerprint density at radius 2 is 1.84 bits per heavy atom. The Balaban J connectivity index is 1.51. The summed E-state index contributed by atoms with van der Waals surface area (Å²) in [6.45, 7) is 3.23. The Kier molecular flexibility index (Phi) is 6.70. The van der Waals surface area contributed by atoms with Crippen molar-refractivity contribution in [1.29, 1.82) is 0 Å². The van der Waals surface area contributed by atoms with Gasteiger partial charge in [0, 0.05) is 57.4 Å². The monoisotopic (exact) mass is 423 g/mol. The van der Waals surface area contributed by atoms with Crippen molar-refractivity contribution in [2.45, 2.75) is 51.1 Å². The van der Waals surface area contributed by atoms with Gasteiger partial charge in [-0.05, 0) is 44.2 Å². The Morgan fingerprint density at radius 1 is 1.06 bits per heavy atom. The first-order valence-electron chi connectivity index (χ1n) is 11.4. The number of carbonyl (C=O) groups is 2. The molecule has 0 radical (unpaired) electrons. The van der Waals surface area contributed by atoms with Gasteiger partial charge in [0.25, 0.3) is 5.91 Å². The predicted octanol–water partition coefficient (Wildman–Crippen LogP) is 2.15. The third kappa shape index (κ3) is 4.98. The van der Waals surface area contributed by atoms with Crippen molar-refractivity contribution in [2.75, 3.05) is 26.7 Å². The third-order valence-electron chi connectivity index (χ3n) is 6.64. The fourth-order valence-electron chi connectivity index (χ4n) is 4.82. The van der Waals surface area contributed by atoms with Crippen LogP contribution in [0.2, 0.25) is 0 Å². The van der Waals surface area contributed by atoms with E-state index in [1.807, 2.05) is 29.7 Å². The van der Waals surface area contributed by atoms with Crippen molar-refractivity contribution in [1.82, 2.24) is 24.9 Å². The van der Waals surface area contributed by atoms with Gasteiger partial charge in [0.2, 0.25) is 5.91 Å². The van der Waals surface area contributed by atoms with Crippen molar-refractivity contribution in [3.05, 3.63) is 52.8 Å². The maximum atomic E-state index is 12.9. The van der Waals surface area contributed by atoms with Crippen LogP contribution in [0.3, 0.4) is 0 Å². The zero-order chi connectivity index (χ0) is 21.8. The van der Waals surface area contributed by atoms with Gasteiger partial charge in [0.05, 0.1) is 0 Å². The van der Waals surface area contributed by atoms with Gasteiger partial charge in [-0.3, -0.25) is 19.2 Å². The van der Waals surface area contributed by atoms with Crippen LogP contribution in [0.5, 0.6) is 0 Å². The topological polar surface area (TPSA) is 70.5 Å². The number of carbonyl (C=O) groups excluding carboxylic acids is 2. The summed E-state index contributed by atoms with van der Waals surface area (Å²) in [4.78, 5) is 30.1. The van der Waals surface area contributed by atoms with Crippen LogP contribution in [0.15, 0.2) is 30.3 Å². The van der Waals surface area contributed by atoms with E-state index in [2.05, 4.69) is 39.6 Å². The fraction of sp³-hybridized carbons (Fsp3) is 0.542. The molecule has 1 aromatic carbocycles. The number of aryl methyl sites for hydroxylation is 1. The normalized spacial score (nSPS) is 21.4. The summed E-state index contributed by atoms with van der Waals surface area (Å²) in [7, 11) is 3.82. The van der Waals surface area contributed by atoms with Crippen LogP contribution in [0.1, 0.15) is 53.0 Å². The molecule has 0 spiro atoms. The van der Waals surface area contributed by atoms with Crippen molar-refractivity contribution in [2.24, 2.45) is 7.05 Å². The molecule has 7 nitrogen and oxygen atoms in total. The summed E-state index contributed by atoms with van der Waals surface area (Å²) < 4.78 is 1.84. The van der Waals surface area contributed by atoms with Crippen LogP contribution in [0, 0.1) is 0 Å². The quantitative estimate of drug-likeness (QED) is 0.804. The molecule has 2 aliphatic rings. The number of hydrogen-bond acceptors (Lipinski definition) is 4.